The third kappa shape index (κ3) is 4.64. The minimum Gasteiger partial charge on any atom is -0.481 e. The van der Waals surface area contributed by atoms with E-state index in [1.807, 2.05) is 19.9 Å². The number of ether oxygens (including phenoxy) is 3. The highest BCUT2D eigenvalue weighted by Gasteiger charge is 2.23. The average molecular weight is 330 g/mol. The zero-order valence-electron chi connectivity index (χ0n) is 13.1. The van der Waals surface area contributed by atoms with Gasteiger partial charge in [0, 0.05) is 17.8 Å². The SMILES string of the molecule is COc1nc(C)cc(C)c1CNS(=O)(=O)CC1COCCO1. The van der Waals surface area contributed by atoms with Crippen molar-refractivity contribution in [3.8, 4) is 5.88 Å². The first-order valence-electron chi connectivity index (χ1n) is 7.09. The number of aromatic nitrogens is 1. The first kappa shape index (κ1) is 17.1. The zero-order chi connectivity index (χ0) is 16.2. The molecule has 1 atom stereocenters. The molecule has 124 valence electrons. The molecule has 8 heteroatoms. The van der Waals surface area contributed by atoms with Gasteiger partial charge in [-0.1, -0.05) is 0 Å². The van der Waals surface area contributed by atoms with Crippen molar-refractivity contribution in [3.05, 3.63) is 22.9 Å². The van der Waals surface area contributed by atoms with Crippen LogP contribution in [0.2, 0.25) is 0 Å². The molecule has 1 N–H and O–H groups in total. The van der Waals surface area contributed by atoms with E-state index in [0.717, 1.165) is 16.8 Å². The van der Waals surface area contributed by atoms with Crippen molar-refractivity contribution >= 4 is 10.0 Å². The van der Waals surface area contributed by atoms with Gasteiger partial charge < -0.3 is 14.2 Å². The number of sulfonamides is 1. The molecule has 2 rings (SSSR count). The summed E-state index contributed by atoms with van der Waals surface area (Å²) in [4.78, 5) is 4.27. The summed E-state index contributed by atoms with van der Waals surface area (Å²) >= 11 is 0. The van der Waals surface area contributed by atoms with E-state index in [1.54, 1.807) is 0 Å². The average Bonchev–Trinajstić information content (AvgIpc) is 2.46. The monoisotopic (exact) mass is 330 g/mol. The van der Waals surface area contributed by atoms with Crippen molar-refractivity contribution in [2.45, 2.75) is 26.5 Å². The molecule has 0 bridgehead atoms. The zero-order valence-corrected chi connectivity index (χ0v) is 13.9. The Morgan fingerprint density at radius 1 is 1.41 bits per heavy atom. The molecule has 1 saturated heterocycles. The highest BCUT2D eigenvalue weighted by Crippen LogP contribution is 2.20. The first-order valence-corrected chi connectivity index (χ1v) is 8.74. The second-order valence-corrected chi connectivity index (χ2v) is 7.09. The van der Waals surface area contributed by atoms with Gasteiger partial charge in [-0.3, -0.25) is 0 Å². The molecule has 0 amide bonds. The Morgan fingerprint density at radius 3 is 2.82 bits per heavy atom. The van der Waals surface area contributed by atoms with Gasteiger partial charge in [-0.25, -0.2) is 18.1 Å². The lowest BCUT2D eigenvalue weighted by Gasteiger charge is -2.23. The van der Waals surface area contributed by atoms with Gasteiger partial charge in [-0.15, -0.1) is 0 Å². The Balaban J connectivity index is 2.02. The van der Waals surface area contributed by atoms with Crippen LogP contribution in [0.5, 0.6) is 5.88 Å². The topological polar surface area (TPSA) is 86.8 Å². The van der Waals surface area contributed by atoms with Crippen molar-refractivity contribution in [1.82, 2.24) is 9.71 Å². The van der Waals surface area contributed by atoms with E-state index in [9.17, 15) is 8.42 Å². The summed E-state index contributed by atoms with van der Waals surface area (Å²) in [5.41, 5.74) is 2.50. The summed E-state index contributed by atoms with van der Waals surface area (Å²) in [6, 6.07) is 1.89. The Morgan fingerprint density at radius 2 is 2.18 bits per heavy atom. The predicted molar refractivity (Wildman–Crippen MR) is 81.4 cm³/mol. The predicted octanol–water partition coefficient (Wildman–Crippen LogP) is 0.542. The Kier molecular flexibility index (Phi) is 5.74. The second kappa shape index (κ2) is 7.36. The number of nitrogens with zero attached hydrogens (tertiary/aromatic N) is 1. The van der Waals surface area contributed by atoms with Crippen LogP contribution in [-0.2, 0) is 26.0 Å². The molecular weight excluding hydrogens is 308 g/mol. The van der Waals surface area contributed by atoms with Gasteiger partial charge in [0.05, 0.1) is 38.8 Å². The van der Waals surface area contributed by atoms with Gasteiger partial charge >= 0.3 is 0 Å². The normalized spacial score (nSPS) is 19.1. The maximum atomic E-state index is 12.1. The van der Waals surface area contributed by atoms with Gasteiger partial charge in [-0.05, 0) is 25.5 Å². The molecule has 2 heterocycles. The quantitative estimate of drug-likeness (QED) is 0.819. The molecule has 1 aromatic rings. The Bertz CT molecular complexity index is 612. The summed E-state index contributed by atoms with van der Waals surface area (Å²) in [7, 11) is -1.95. The molecule has 1 aromatic heterocycles. The summed E-state index contributed by atoms with van der Waals surface area (Å²) in [6.45, 7) is 5.14. The standard InChI is InChI=1S/C14H22N2O5S/c1-10-6-11(2)16-14(19-3)13(10)7-15-22(17,18)9-12-8-20-4-5-21-12/h6,12,15H,4-5,7-9H2,1-3H3. The fraction of sp³-hybridized carbons (Fsp3) is 0.643. The third-order valence-electron chi connectivity index (χ3n) is 3.39. The minimum absolute atomic E-state index is 0.117. The van der Waals surface area contributed by atoms with Crippen LogP contribution in [0, 0.1) is 13.8 Å². The van der Waals surface area contributed by atoms with Gasteiger partial charge in [0.25, 0.3) is 0 Å². The van der Waals surface area contributed by atoms with Crippen LogP contribution in [0.4, 0.5) is 0 Å². The van der Waals surface area contributed by atoms with Crippen molar-refractivity contribution in [2.24, 2.45) is 0 Å². The van der Waals surface area contributed by atoms with E-state index in [0.29, 0.717) is 25.7 Å². The highest BCUT2D eigenvalue weighted by molar-refractivity contribution is 7.89. The lowest BCUT2D eigenvalue weighted by atomic mass is 10.1. The molecule has 1 aliphatic heterocycles. The molecule has 0 aliphatic carbocycles. The molecular formula is C14H22N2O5S. The van der Waals surface area contributed by atoms with Crippen LogP contribution >= 0.6 is 0 Å². The molecule has 0 radical (unpaired) electrons. The molecule has 0 saturated carbocycles. The number of aryl methyl sites for hydroxylation is 2. The molecule has 22 heavy (non-hydrogen) atoms. The molecule has 1 aliphatic rings. The van der Waals surface area contributed by atoms with E-state index in [1.165, 1.54) is 7.11 Å². The number of hydrogen-bond acceptors (Lipinski definition) is 6. The summed E-state index contributed by atoms with van der Waals surface area (Å²) in [5, 5.41) is 0. The third-order valence-corrected chi connectivity index (χ3v) is 4.78. The van der Waals surface area contributed by atoms with E-state index in [4.69, 9.17) is 14.2 Å². The van der Waals surface area contributed by atoms with Crippen LogP contribution in [0.1, 0.15) is 16.8 Å². The Labute approximate surface area is 131 Å². The van der Waals surface area contributed by atoms with Gasteiger partial charge in [0.1, 0.15) is 0 Å². The van der Waals surface area contributed by atoms with Crippen LogP contribution in [-0.4, -0.2) is 52.2 Å². The second-order valence-electron chi connectivity index (χ2n) is 5.24. The lowest BCUT2D eigenvalue weighted by molar-refractivity contribution is -0.0783. The fourth-order valence-corrected chi connectivity index (χ4v) is 3.50. The maximum absolute atomic E-state index is 12.1. The summed E-state index contributed by atoms with van der Waals surface area (Å²) < 4.78 is 42.7. The van der Waals surface area contributed by atoms with Crippen molar-refractivity contribution in [3.63, 3.8) is 0 Å². The molecule has 7 nitrogen and oxygen atoms in total. The van der Waals surface area contributed by atoms with Crippen molar-refractivity contribution in [1.29, 1.82) is 0 Å². The fourth-order valence-electron chi connectivity index (χ4n) is 2.33. The van der Waals surface area contributed by atoms with Crippen LogP contribution < -0.4 is 9.46 Å². The molecule has 0 aromatic carbocycles. The van der Waals surface area contributed by atoms with Crippen LogP contribution in [0.3, 0.4) is 0 Å². The number of nitrogens with one attached hydrogen (secondary N) is 1. The first-order chi connectivity index (χ1) is 10.4. The van der Waals surface area contributed by atoms with Gasteiger partial charge in [0.15, 0.2) is 0 Å². The van der Waals surface area contributed by atoms with Crippen LogP contribution in [0.25, 0.3) is 0 Å². The molecule has 1 unspecified atom stereocenters. The smallest absolute Gasteiger partial charge is 0.218 e. The Hall–Kier alpha value is -1.22. The minimum atomic E-state index is -3.47. The number of pyridine rings is 1. The maximum Gasteiger partial charge on any atom is 0.218 e. The molecule has 0 spiro atoms. The number of hydrogen-bond donors (Lipinski definition) is 1. The van der Waals surface area contributed by atoms with E-state index < -0.39 is 16.1 Å². The lowest BCUT2D eigenvalue weighted by Crippen LogP contribution is -2.39. The highest BCUT2D eigenvalue weighted by atomic mass is 32.2. The largest absolute Gasteiger partial charge is 0.481 e. The van der Waals surface area contributed by atoms with Gasteiger partial charge in [0.2, 0.25) is 15.9 Å². The van der Waals surface area contributed by atoms with E-state index in [-0.39, 0.29) is 12.3 Å². The number of rotatable bonds is 6. The molecule has 1 fully saturated rings. The van der Waals surface area contributed by atoms with Gasteiger partial charge in [-0.2, -0.15) is 0 Å². The van der Waals surface area contributed by atoms with Crippen LogP contribution in [0.15, 0.2) is 6.07 Å². The summed E-state index contributed by atoms with van der Waals surface area (Å²) in [6.07, 6.45) is -0.426. The number of methoxy groups -OCH3 is 1. The van der Waals surface area contributed by atoms with E-state index >= 15 is 0 Å². The van der Waals surface area contributed by atoms with Crippen molar-refractivity contribution in [2.75, 3.05) is 32.7 Å². The van der Waals surface area contributed by atoms with E-state index in [2.05, 4.69) is 9.71 Å². The summed E-state index contributed by atoms with van der Waals surface area (Å²) in [5.74, 6) is 0.325. The van der Waals surface area contributed by atoms with Crippen molar-refractivity contribution < 1.29 is 22.6 Å².